The topological polar surface area (TPSA) is 52.6 Å². The van der Waals surface area contributed by atoms with Gasteiger partial charge in [0, 0.05) is 11.6 Å². The molecule has 0 bridgehead atoms. The van der Waals surface area contributed by atoms with Gasteiger partial charge in [0.25, 0.3) is 0 Å². The molecule has 2 aromatic rings. The van der Waals surface area contributed by atoms with Crippen LogP contribution >= 0.6 is 0 Å². The Labute approximate surface area is 129 Å². The van der Waals surface area contributed by atoms with Crippen LogP contribution < -0.4 is 4.74 Å². The van der Waals surface area contributed by atoms with Gasteiger partial charge >= 0.3 is 5.97 Å². The van der Waals surface area contributed by atoms with Gasteiger partial charge in [-0.25, -0.2) is 4.79 Å². The molecule has 22 heavy (non-hydrogen) atoms. The van der Waals surface area contributed by atoms with Gasteiger partial charge in [0.15, 0.2) is 12.4 Å². The van der Waals surface area contributed by atoms with Crippen molar-refractivity contribution < 1.29 is 19.1 Å². The molecule has 0 aliphatic rings. The number of carbonyl (C=O) groups excluding carboxylic acids is 2. The Bertz CT molecular complexity index is 674. The van der Waals surface area contributed by atoms with Crippen LogP contribution in [0.2, 0.25) is 0 Å². The first kappa shape index (κ1) is 15.5. The third kappa shape index (κ3) is 4.59. The molecule has 0 fully saturated rings. The monoisotopic (exact) mass is 296 g/mol. The zero-order chi connectivity index (χ0) is 15.8. The fourth-order valence-electron chi connectivity index (χ4n) is 1.80. The Balaban J connectivity index is 1.87. The first-order chi connectivity index (χ1) is 10.7. The van der Waals surface area contributed by atoms with Gasteiger partial charge in [0.05, 0.1) is 7.11 Å². The van der Waals surface area contributed by atoms with E-state index in [1.54, 1.807) is 43.5 Å². The molecule has 0 aliphatic heterocycles. The summed E-state index contributed by atoms with van der Waals surface area (Å²) in [5, 5.41) is 0. The fraction of sp³-hybridized carbons (Fsp3) is 0.111. The SMILES string of the molecule is COc1cccc(/C=C/C(=O)OCC(=O)c2ccccc2)c1. The van der Waals surface area contributed by atoms with Gasteiger partial charge in [-0.05, 0) is 23.8 Å². The maximum absolute atomic E-state index is 11.8. The van der Waals surface area contributed by atoms with Crippen LogP contribution in [0.3, 0.4) is 0 Å². The standard InChI is InChI=1S/C18H16O4/c1-21-16-9-5-6-14(12-16)10-11-18(20)22-13-17(19)15-7-3-2-4-8-15/h2-12H,13H2,1H3/b11-10+. The Kier molecular flexibility index (Phi) is 5.49. The lowest BCUT2D eigenvalue weighted by Crippen LogP contribution is -2.12. The molecule has 0 N–H and O–H groups in total. The van der Waals surface area contributed by atoms with E-state index in [4.69, 9.17) is 9.47 Å². The number of ketones is 1. The highest BCUT2D eigenvalue weighted by Crippen LogP contribution is 2.13. The van der Waals surface area contributed by atoms with Crippen LogP contribution in [0.25, 0.3) is 6.08 Å². The Morgan fingerprint density at radius 1 is 1.05 bits per heavy atom. The molecule has 0 radical (unpaired) electrons. The quantitative estimate of drug-likeness (QED) is 0.467. The molecule has 0 aliphatic carbocycles. The lowest BCUT2D eigenvalue weighted by Gasteiger charge is -2.02. The van der Waals surface area contributed by atoms with Crippen LogP contribution in [0.15, 0.2) is 60.7 Å². The summed E-state index contributed by atoms with van der Waals surface area (Å²) in [5.74, 6) is -0.0920. The summed E-state index contributed by atoms with van der Waals surface area (Å²) in [5.41, 5.74) is 1.33. The highest BCUT2D eigenvalue weighted by Gasteiger charge is 2.07. The number of hydrogen-bond donors (Lipinski definition) is 0. The molecule has 2 aromatic carbocycles. The number of ether oxygens (including phenoxy) is 2. The number of carbonyl (C=O) groups is 2. The third-order valence-corrected chi connectivity index (χ3v) is 2.95. The van der Waals surface area contributed by atoms with Gasteiger partial charge < -0.3 is 9.47 Å². The van der Waals surface area contributed by atoms with Crippen molar-refractivity contribution in [3.63, 3.8) is 0 Å². The van der Waals surface area contributed by atoms with Crippen molar-refractivity contribution in [2.24, 2.45) is 0 Å². The largest absolute Gasteiger partial charge is 0.497 e. The van der Waals surface area contributed by atoms with Crippen LogP contribution in [-0.2, 0) is 9.53 Å². The predicted octanol–water partition coefficient (Wildman–Crippen LogP) is 3.13. The highest BCUT2D eigenvalue weighted by molar-refractivity contribution is 5.98. The van der Waals surface area contributed by atoms with Crippen LogP contribution in [0.4, 0.5) is 0 Å². The zero-order valence-corrected chi connectivity index (χ0v) is 12.2. The average molecular weight is 296 g/mol. The maximum atomic E-state index is 11.8. The van der Waals surface area contributed by atoms with E-state index in [2.05, 4.69) is 0 Å². The summed E-state index contributed by atoms with van der Waals surface area (Å²) in [6.07, 6.45) is 2.89. The van der Waals surface area contributed by atoms with Crippen LogP contribution in [0, 0.1) is 0 Å². The first-order valence-corrected chi connectivity index (χ1v) is 6.76. The zero-order valence-electron chi connectivity index (χ0n) is 12.2. The molecule has 0 heterocycles. The van der Waals surface area contributed by atoms with E-state index in [-0.39, 0.29) is 12.4 Å². The average Bonchev–Trinajstić information content (AvgIpc) is 2.58. The maximum Gasteiger partial charge on any atom is 0.331 e. The van der Waals surface area contributed by atoms with Gasteiger partial charge in [-0.3, -0.25) is 4.79 Å². The summed E-state index contributed by atoms with van der Waals surface area (Å²) >= 11 is 0. The van der Waals surface area contributed by atoms with Crippen LogP contribution in [0.1, 0.15) is 15.9 Å². The van der Waals surface area contributed by atoms with E-state index >= 15 is 0 Å². The lowest BCUT2D eigenvalue weighted by atomic mass is 10.1. The number of benzene rings is 2. The van der Waals surface area contributed by atoms with Crippen molar-refractivity contribution in [2.45, 2.75) is 0 Å². The van der Waals surface area contributed by atoms with Crippen molar-refractivity contribution >= 4 is 17.8 Å². The van der Waals surface area contributed by atoms with E-state index in [0.29, 0.717) is 11.3 Å². The van der Waals surface area contributed by atoms with E-state index in [1.807, 2.05) is 24.3 Å². The highest BCUT2D eigenvalue weighted by atomic mass is 16.5. The first-order valence-electron chi connectivity index (χ1n) is 6.76. The minimum Gasteiger partial charge on any atom is -0.497 e. The fourth-order valence-corrected chi connectivity index (χ4v) is 1.80. The van der Waals surface area contributed by atoms with Crippen molar-refractivity contribution in [3.05, 3.63) is 71.8 Å². The molecule has 112 valence electrons. The second-order valence-corrected chi connectivity index (χ2v) is 4.51. The van der Waals surface area contributed by atoms with Gasteiger partial charge in [-0.2, -0.15) is 0 Å². The molecule has 0 unspecified atom stereocenters. The molecule has 0 aromatic heterocycles. The van der Waals surface area contributed by atoms with Crippen LogP contribution in [-0.4, -0.2) is 25.5 Å². The molecule has 4 nitrogen and oxygen atoms in total. The van der Waals surface area contributed by atoms with Crippen molar-refractivity contribution in [2.75, 3.05) is 13.7 Å². The summed E-state index contributed by atoms with van der Waals surface area (Å²) in [6.45, 7) is -0.273. The second kappa shape index (κ2) is 7.78. The molecule has 4 heteroatoms. The van der Waals surface area contributed by atoms with E-state index in [9.17, 15) is 9.59 Å². The lowest BCUT2D eigenvalue weighted by molar-refractivity contribution is -0.136. The van der Waals surface area contributed by atoms with Gasteiger partial charge in [-0.1, -0.05) is 42.5 Å². The summed E-state index contributed by atoms with van der Waals surface area (Å²) in [4.78, 5) is 23.4. The minimum absolute atomic E-state index is 0.233. The van der Waals surface area contributed by atoms with Gasteiger partial charge in [-0.15, -0.1) is 0 Å². The second-order valence-electron chi connectivity index (χ2n) is 4.51. The molecule has 0 atom stereocenters. The van der Waals surface area contributed by atoms with E-state index in [0.717, 1.165) is 5.56 Å². The van der Waals surface area contributed by atoms with E-state index in [1.165, 1.54) is 6.08 Å². The number of esters is 1. The van der Waals surface area contributed by atoms with E-state index < -0.39 is 5.97 Å². The Morgan fingerprint density at radius 2 is 1.82 bits per heavy atom. The smallest absolute Gasteiger partial charge is 0.331 e. The van der Waals surface area contributed by atoms with Crippen molar-refractivity contribution in [1.29, 1.82) is 0 Å². The van der Waals surface area contributed by atoms with Crippen molar-refractivity contribution in [3.8, 4) is 5.75 Å². The van der Waals surface area contributed by atoms with Crippen LogP contribution in [0.5, 0.6) is 5.75 Å². The Morgan fingerprint density at radius 3 is 2.55 bits per heavy atom. The third-order valence-electron chi connectivity index (χ3n) is 2.95. The number of hydrogen-bond acceptors (Lipinski definition) is 4. The molecular formula is C18H16O4. The number of rotatable bonds is 6. The normalized spacial score (nSPS) is 10.4. The molecule has 0 spiro atoms. The minimum atomic E-state index is -0.563. The summed E-state index contributed by atoms with van der Waals surface area (Å²) < 4.78 is 10.0. The summed E-state index contributed by atoms with van der Waals surface area (Å²) in [7, 11) is 1.58. The number of methoxy groups -OCH3 is 1. The molecular weight excluding hydrogens is 280 g/mol. The summed E-state index contributed by atoms with van der Waals surface area (Å²) in [6, 6.07) is 16.0. The molecule has 2 rings (SSSR count). The molecule has 0 amide bonds. The Hall–Kier alpha value is -2.88. The van der Waals surface area contributed by atoms with Gasteiger partial charge in [0.2, 0.25) is 0 Å². The number of Topliss-reactive ketones (excluding diaryl/α,β-unsaturated/α-hetero) is 1. The van der Waals surface area contributed by atoms with Crippen molar-refractivity contribution in [1.82, 2.24) is 0 Å². The molecule has 0 saturated heterocycles. The molecule has 0 saturated carbocycles. The predicted molar refractivity (Wildman–Crippen MR) is 83.8 cm³/mol. The van der Waals surface area contributed by atoms with Gasteiger partial charge in [0.1, 0.15) is 5.75 Å².